The van der Waals surface area contributed by atoms with Crippen LogP contribution in [-0.4, -0.2) is 192 Å². The van der Waals surface area contributed by atoms with Gasteiger partial charge in [0.05, 0.1) is 42.0 Å². The Balaban J connectivity index is 1.77. The van der Waals surface area contributed by atoms with E-state index in [0.29, 0.717) is 18.8 Å². The van der Waals surface area contributed by atoms with Crippen LogP contribution in [0.4, 0.5) is 10.5 Å². The van der Waals surface area contributed by atoms with Crippen LogP contribution in [0.25, 0.3) is 0 Å². The average Bonchev–Trinajstić information content (AvgIpc) is 3.25. The number of aliphatic hydroxyl groups excluding tert-OH is 2. The molecule has 0 bridgehead atoms. The highest BCUT2D eigenvalue weighted by Crippen LogP contribution is 2.43. The minimum Gasteiger partial charge on any atom is -0.459 e. The first-order valence-corrected chi connectivity index (χ1v) is 23.8. The van der Waals surface area contributed by atoms with Crippen molar-refractivity contribution in [2.75, 3.05) is 59.7 Å². The van der Waals surface area contributed by atoms with Crippen molar-refractivity contribution in [1.82, 2.24) is 20.4 Å². The van der Waals surface area contributed by atoms with Crippen LogP contribution in [0.5, 0.6) is 0 Å². The minimum atomic E-state index is -1.86. The zero-order valence-electron chi connectivity index (χ0n) is 42.0. The molecule has 8 N–H and O–H groups in total. The van der Waals surface area contributed by atoms with Gasteiger partial charge >= 0.3 is 12.0 Å². The molecule has 18 heteroatoms. The molecule has 1 aromatic carbocycles. The van der Waals surface area contributed by atoms with E-state index in [1.54, 1.807) is 79.8 Å². The number of methoxy groups -OCH3 is 1. The Morgan fingerprint density at radius 3 is 2.21 bits per heavy atom. The average molecular weight is 940 g/mol. The topological polar surface area (TPSA) is 233 Å². The van der Waals surface area contributed by atoms with Crippen LogP contribution >= 0.6 is 0 Å². The number of rotatable bonds is 13. The summed E-state index contributed by atoms with van der Waals surface area (Å²) in [5, 5.41) is 69.8. The van der Waals surface area contributed by atoms with Gasteiger partial charge in [0.1, 0.15) is 35.1 Å². The molecular weight excluding hydrogens is 855 g/mol. The number of aliphatic hydroxyl groups is 5. The molecule has 0 radical (unpaired) electrons. The van der Waals surface area contributed by atoms with Gasteiger partial charge in [0, 0.05) is 57.9 Å². The molecular formula is C48H85N5O13. The molecule has 3 fully saturated rings. The van der Waals surface area contributed by atoms with Gasteiger partial charge in [-0.1, -0.05) is 39.0 Å². The fourth-order valence-corrected chi connectivity index (χ4v) is 10.1. The van der Waals surface area contributed by atoms with Crippen molar-refractivity contribution in [1.29, 1.82) is 0 Å². The van der Waals surface area contributed by atoms with Crippen LogP contribution < -0.4 is 16.0 Å². The van der Waals surface area contributed by atoms with Crippen LogP contribution in [0.1, 0.15) is 94.9 Å². The Morgan fingerprint density at radius 2 is 1.61 bits per heavy atom. The molecule has 0 aliphatic carbocycles. The first kappa shape index (κ1) is 56.0. The largest absolute Gasteiger partial charge is 0.459 e. The lowest BCUT2D eigenvalue weighted by molar-refractivity contribution is -0.336. The van der Waals surface area contributed by atoms with Gasteiger partial charge in [0.15, 0.2) is 12.6 Å². The standard InChI is InChI=1S/C48H85N5O13/c1-15-36-47(10,59)40(55)32(6)50-26-28(2)24-45(8,58)41(66-43-38(54)35(23-29(3)62-43)53(13)44(57)51-34-19-17-16-18-20-34)30(4)39(31(5)42(56)64-36)65-37-25-46(9,61-14)48(60,33(7)63-37)27-49-21-22-52(11)12/h16-20,28-33,35-41,43,49-50,54-55,58-60H,15,21-27H2,1-14H3,(H,51,57)/t28-,29-,30+,31-,32-,33+,35+,36-,37+,38-,39+,40-,41-,43+,45-,46-,47-,48+/m1/s1. The second-order valence-electron chi connectivity index (χ2n) is 20.4. The lowest BCUT2D eigenvalue weighted by atomic mass is 9.75. The molecule has 1 aromatic rings. The van der Waals surface area contributed by atoms with Gasteiger partial charge in [-0.15, -0.1) is 0 Å². The van der Waals surface area contributed by atoms with E-state index < -0.39 is 114 Å². The maximum atomic E-state index is 14.5. The van der Waals surface area contributed by atoms with Crippen LogP contribution in [0, 0.1) is 17.8 Å². The number of benzene rings is 1. The van der Waals surface area contributed by atoms with E-state index in [-0.39, 0.29) is 38.1 Å². The van der Waals surface area contributed by atoms with Gasteiger partial charge < -0.3 is 79.7 Å². The number of nitrogens with zero attached hydrogens (tertiary/aromatic N) is 2. The molecule has 3 saturated heterocycles. The van der Waals surface area contributed by atoms with Gasteiger partial charge in [0.25, 0.3) is 0 Å². The molecule has 2 amide bonds. The van der Waals surface area contributed by atoms with Crippen molar-refractivity contribution in [3.8, 4) is 0 Å². The van der Waals surface area contributed by atoms with Gasteiger partial charge in [-0.25, -0.2) is 4.79 Å². The summed E-state index contributed by atoms with van der Waals surface area (Å²) in [6, 6.07) is 7.12. The molecule has 0 spiro atoms. The zero-order chi connectivity index (χ0) is 49.5. The van der Waals surface area contributed by atoms with E-state index in [9.17, 15) is 35.1 Å². The van der Waals surface area contributed by atoms with Crippen molar-refractivity contribution >= 4 is 17.7 Å². The van der Waals surface area contributed by atoms with Crippen molar-refractivity contribution in [2.45, 2.75) is 185 Å². The number of cyclic esters (lactones) is 1. The molecule has 3 aliphatic rings. The molecule has 0 unspecified atom stereocenters. The van der Waals surface area contributed by atoms with Crippen LogP contribution in [0.15, 0.2) is 30.3 Å². The molecule has 18 atom stereocenters. The molecule has 380 valence electrons. The maximum absolute atomic E-state index is 14.5. The molecule has 0 saturated carbocycles. The lowest BCUT2D eigenvalue weighted by Gasteiger charge is -2.53. The number of urea groups is 1. The summed E-state index contributed by atoms with van der Waals surface area (Å²) in [6.45, 7) is 19.0. The minimum absolute atomic E-state index is 0.0344. The van der Waals surface area contributed by atoms with Crippen LogP contribution in [0.3, 0.4) is 0 Å². The van der Waals surface area contributed by atoms with Gasteiger partial charge in [0.2, 0.25) is 0 Å². The van der Waals surface area contributed by atoms with Crippen molar-refractivity contribution in [3.63, 3.8) is 0 Å². The number of carbonyl (C=O) groups is 2. The normalized spacial score (nSPS) is 42.2. The third-order valence-corrected chi connectivity index (χ3v) is 14.5. The third kappa shape index (κ3) is 13.2. The molecule has 18 nitrogen and oxygen atoms in total. The van der Waals surface area contributed by atoms with E-state index >= 15 is 0 Å². The summed E-state index contributed by atoms with van der Waals surface area (Å²) in [5.41, 5.74) is -5.68. The summed E-state index contributed by atoms with van der Waals surface area (Å²) in [5.74, 6) is -2.99. The van der Waals surface area contributed by atoms with Gasteiger partial charge in [-0.2, -0.15) is 0 Å². The zero-order valence-corrected chi connectivity index (χ0v) is 42.0. The molecule has 4 rings (SSSR count). The maximum Gasteiger partial charge on any atom is 0.321 e. The number of anilines is 1. The quantitative estimate of drug-likeness (QED) is 0.105. The highest BCUT2D eigenvalue weighted by Gasteiger charge is 2.58. The van der Waals surface area contributed by atoms with Crippen molar-refractivity contribution in [3.05, 3.63) is 30.3 Å². The first-order chi connectivity index (χ1) is 30.7. The van der Waals surface area contributed by atoms with Crippen LogP contribution in [-0.2, 0) is 33.2 Å². The van der Waals surface area contributed by atoms with Crippen LogP contribution in [0.2, 0.25) is 0 Å². The second kappa shape index (κ2) is 23.4. The SMILES string of the molecule is CC[C@H]1OC(=O)[C@H](C)[C@@H](O[C@H]2C[C@@](C)(OC)[C@](O)(CNCCN(C)C)[C@H](C)O2)[C@H](C)[C@@H](O[C@@H]2O[C@H](C)C[C@H](N(C)C(=O)Nc3ccccc3)[C@H]2O)[C@](C)(O)C[C@@H](C)CN[C@H](C)[C@@H](O)[C@]1(C)O. The number of amides is 2. The Hall–Kier alpha value is -2.56. The predicted octanol–water partition coefficient (Wildman–Crippen LogP) is 2.68. The highest BCUT2D eigenvalue weighted by molar-refractivity contribution is 5.89. The number of carbonyl (C=O) groups excluding carboxylic acids is 2. The summed E-state index contributed by atoms with van der Waals surface area (Å²) < 4.78 is 38.7. The highest BCUT2D eigenvalue weighted by atomic mass is 16.7. The number of esters is 1. The summed E-state index contributed by atoms with van der Waals surface area (Å²) in [7, 11) is 7.03. The molecule has 3 aliphatic heterocycles. The number of ether oxygens (including phenoxy) is 6. The first-order valence-electron chi connectivity index (χ1n) is 23.8. The Kier molecular flexibility index (Phi) is 19.8. The second-order valence-corrected chi connectivity index (χ2v) is 20.4. The lowest BCUT2D eigenvalue weighted by Crippen LogP contribution is -2.70. The van der Waals surface area contributed by atoms with Crippen molar-refractivity contribution < 1.29 is 63.5 Å². The number of hydrogen-bond acceptors (Lipinski definition) is 16. The smallest absolute Gasteiger partial charge is 0.321 e. The van der Waals surface area contributed by atoms with E-state index in [1.165, 1.54) is 18.9 Å². The van der Waals surface area contributed by atoms with E-state index in [4.69, 9.17) is 28.4 Å². The van der Waals surface area contributed by atoms with E-state index in [1.807, 2.05) is 38.9 Å². The fraction of sp³-hybridized carbons (Fsp3) is 0.833. The fourth-order valence-electron chi connectivity index (χ4n) is 10.1. The van der Waals surface area contributed by atoms with E-state index in [2.05, 4.69) is 16.0 Å². The Labute approximate surface area is 393 Å². The molecule has 3 heterocycles. The Bertz CT molecular complexity index is 1680. The number of nitrogens with one attached hydrogen (secondary N) is 3. The predicted molar refractivity (Wildman–Crippen MR) is 249 cm³/mol. The number of para-hydroxylation sites is 1. The summed E-state index contributed by atoms with van der Waals surface area (Å²) in [4.78, 5) is 31.5. The third-order valence-electron chi connectivity index (χ3n) is 14.5. The summed E-state index contributed by atoms with van der Waals surface area (Å²) >= 11 is 0. The van der Waals surface area contributed by atoms with Gasteiger partial charge in [-0.05, 0) is 106 Å². The molecule has 66 heavy (non-hydrogen) atoms. The monoisotopic (exact) mass is 940 g/mol. The van der Waals surface area contributed by atoms with E-state index in [0.717, 1.165) is 6.54 Å². The molecule has 0 aromatic heterocycles. The van der Waals surface area contributed by atoms with Gasteiger partial charge in [-0.3, -0.25) is 4.79 Å². The number of hydrogen-bond donors (Lipinski definition) is 8. The number of likely N-dealkylation sites (N-methyl/N-ethyl adjacent to an activating group) is 2. The van der Waals surface area contributed by atoms with Crippen molar-refractivity contribution in [2.24, 2.45) is 17.8 Å². The Morgan fingerprint density at radius 1 is 0.955 bits per heavy atom. The summed E-state index contributed by atoms with van der Waals surface area (Å²) in [6.07, 6.45) is -9.31.